The fraction of sp³-hybridized carbons (Fsp3) is 0.600. The second-order valence-corrected chi connectivity index (χ2v) is 7.02. The Labute approximate surface area is 131 Å². The SMILES string of the molecule is CCCNC(CSCC(C)C)c1cc(Cl)ccc1Cl. The first kappa shape index (κ1) is 17.2. The lowest BCUT2D eigenvalue weighted by atomic mass is 10.1. The zero-order valence-electron chi connectivity index (χ0n) is 11.9. The molecule has 0 aromatic heterocycles. The number of hydrogen-bond donors (Lipinski definition) is 1. The van der Waals surface area contributed by atoms with E-state index in [2.05, 4.69) is 26.1 Å². The van der Waals surface area contributed by atoms with Crippen LogP contribution < -0.4 is 5.32 Å². The maximum absolute atomic E-state index is 6.30. The van der Waals surface area contributed by atoms with Crippen LogP contribution in [0.2, 0.25) is 10.0 Å². The van der Waals surface area contributed by atoms with E-state index in [1.54, 1.807) is 0 Å². The van der Waals surface area contributed by atoms with Gasteiger partial charge in [0.25, 0.3) is 0 Å². The lowest BCUT2D eigenvalue weighted by Gasteiger charge is -2.20. The molecule has 0 amide bonds. The summed E-state index contributed by atoms with van der Waals surface area (Å²) in [6.45, 7) is 7.66. The summed E-state index contributed by atoms with van der Waals surface area (Å²) in [6, 6.07) is 5.97. The summed E-state index contributed by atoms with van der Waals surface area (Å²) in [4.78, 5) is 0. The van der Waals surface area contributed by atoms with Crippen LogP contribution in [0.1, 0.15) is 38.8 Å². The van der Waals surface area contributed by atoms with Gasteiger partial charge in [-0.05, 0) is 48.4 Å². The van der Waals surface area contributed by atoms with Gasteiger partial charge in [0.1, 0.15) is 0 Å². The minimum absolute atomic E-state index is 0.273. The van der Waals surface area contributed by atoms with Crippen LogP contribution in [0.15, 0.2) is 18.2 Å². The van der Waals surface area contributed by atoms with Crippen LogP contribution in [-0.2, 0) is 0 Å². The first-order chi connectivity index (χ1) is 9.04. The van der Waals surface area contributed by atoms with Gasteiger partial charge in [0, 0.05) is 21.8 Å². The van der Waals surface area contributed by atoms with Gasteiger partial charge in [-0.2, -0.15) is 11.8 Å². The fourth-order valence-corrected chi connectivity index (χ4v) is 3.35. The number of benzene rings is 1. The van der Waals surface area contributed by atoms with Crippen molar-refractivity contribution in [2.24, 2.45) is 5.92 Å². The Morgan fingerprint density at radius 2 is 1.95 bits per heavy atom. The van der Waals surface area contributed by atoms with Gasteiger partial charge in [-0.1, -0.05) is 44.0 Å². The summed E-state index contributed by atoms with van der Waals surface area (Å²) in [5.41, 5.74) is 1.11. The van der Waals surface area contributed by atoms with Crippen molar-refractivity contribution in [3.63, 3.8) is 0 Å². The summed E-state index contributed by atoms with van der Waals surface area (Å²) >= 11 is 14.4. The highest BCUT2D eigenvalue weighted by molar-refractivity contribution is 7.99. The number of rotatable bonds is 8. The van der Waals surface area contributed by atoms with E-state index in [4.69, 9.17) is 23.2 Å². The van der Waals surface area contributed by atoms with Gasteiger partial charge in [-0.25, -0.2) is 0 Å². The molecular weight excluding hydrogens is 297 g/mol. The highest BCUT2D eigenvalue weighted by Gasteiger charge is 2.15. The minimum atomic E-state index is 0.273. The van der Waals surface area contributed by atoms with Gasteiger partial charge >= 0.3 is 0 Å². The predicted molar refractivity (Wildman–Crippen MR) is 89.7 cm³/mol. The lowest BCUT2D eigenvalue weighted by Crippen LogP contribution is -2.24. The quantitative estimate of drug-likeness (QED) is 0.686. The zero-order valence-corrected chi connectivity index (χ0v) is 14.2. The molecule has 0 aliphatic rings. The molecule has 0 fully saturated rings. The molecule has 0 aliphatic carbocycles. The van der Waals surface area contributed by atoms with E-state index >= 15 is 0 Å². The van der Waals surface area contributed by atoms with Crippen molar-refractivity contribution in [3.8, 4) is 0 Å². The smallest absolute Gasteiger partial charge is 0.0455 e. The summed E-state index contributed by atoms with van der Waals surface area (Å²) in [5, 5.41) is 5.10. The van der Waals surface area contributed by atoms with Crippen LogP contribution in [0, 0.1) is 5.92 Å². The maximum atomic E-state index is 6.30. The Morgan fingerprint density at radius 1 is 1.21 bits per heavy atom. The highest BCUT2D eigenvalue weighted by Crippen LogP contribution is 2.29. The molecule has 0 aliphatic heterocycles. The first-order valence-electron chi connectivity index (χ1n) is 6.80. The van der Waals surface area contributed by atoms with Crippen LogP contribution in [0.3, 0.4) is 0 Å². The van der Waals surface area contributed by atoms with Gasteiger partial charge < -0.3 is 5.32 Å². The van der Waals surface area contributed by atoms with Gasteiger partial charge in [-0.3, -0.25) is 0 Å². The normalized spacial score (nSPS) is 12.9. The van der Waals surface area contributed by atoms with Crippen molar-refractivity contribution in [1.82, 2.24) is 5.32 Å². The van der Waals surface area contributed by atoms with Crippen molar-refractivity contribution < 1.29 is 0 Å². The second kappa shape index (κ2) is 9.12. The third-order valence-electron chi connectivity index (χ3n) is 2.71. The molecule has 0 heterocycles. The van der Waals surface area contributed by atoms with Crippen molar-refractivity contribution >= 4 is 35.0 Å². The van der Waals surface area contributed by atoms with Crippen LogP contribution in [0.25, 0.3) is 0 Å². The third kappa shape index (κ3) is 6.40. The van der Waals surface area contributed by atoms with Crippen molar-refractivity contribution in [2.75, 3.05) is 18.1 Å². The molecule has 1 nitrogen and oxygen atoms in total. The highest BCUT2D eigenvalue weighted by atomic mass is 35.5. The van der Waals surface area contributed by atoms with Crippen LogP contribution in [-0.4, -0.2) is 18.1 Å². The Morgan fingerprint density at radius 3 is 2.58 bits per heavy atom. The number of hydrogen-bond acceptors (Lipinski definition) is 2. The molecule has 1 rings (SSSR count). The molecule has 19 heavy (non-hydrogen) atoms. The Bertz CT molecular complexity index is 382. The van der Waals surface area contributed by atoms with Crippen molar-refractivity contribution in [1.29, 1.82) is 0 Å². The maximum Gasteiger partial charge on any atom is 0.0455 e. The molecule has 0 spiro atoms. The van der Waals surface area contributed by atoms with Gasteiger partial charge in [0.2, 0.25) is 0 Å². The topological polar surface area (TPSA) is 12.0 Å². The van der Waals surface area contributed by atoms with E-state index in [0.717, 1.165) is 34.3 Å². The van der Waals surface area contributed by atoms with Crippen molar-refractivity contribution in [3.05, 3.63) is 33.8 Å². The van der Waals surface area contributed by atoms with Crippen LogP contribution in [0.5, 0.6) is 0 Å². The average molecular weight is 320 g/mol. The molecule has 0 bridgehead atoms. The molecular formula is C15H23Cl2NS. The zero-order chi connectivity index (χ0) is 14.3. The molecule has 1 atom stereocenters. The standard InChI is InChI=1S/C15H23Cl2NS/c1-4-7-18-15(10-19-9-11(2)3)13-8-12(16)5-6-14(13)17/h5-6,8,11,15,18H,4,7,9-10H2,1-3H3. The molecule has 4 heteroatoms. The van der Waals surface area contributed by atoms with Crippen molar-refractivity contribution in [2.45, 2.75) is 33.2 Å². The Kier molecular flexibility index (Phi) is 8.24. The number of nitrogens with one attached hydrogen (secondary N) is 1. The number of thioether (sulfide) groups is 1. The summed E-state index contributed by atoms with van der Waals surface area (Å²) < 4.78 is 0. The van der Waals surface area contributed by atoms with Crippen LogP contribution in [0.4, 0.5) is 0 Å². The first-order valence-corrected chi connectivity index (χ1v) is 8.71. The molecule has 0 radical (unpaired) electrons. The number of halogens is 2. The average Bonchev–Trinajstić information content (AvgIpc) is 2.36. The van der Waals surface area contributed by atoms with Crippen LogP contribution >= 0.6 is 35.0 Å². The van der Waals surface area contributed by atoms with Gasteiger partial charge in [0.15, 0.2) is 0 Å². The lowest BCUT2D eigenvalue weighted by molar-refractivity contribution is 0.577. The van der Waals surface area contributed by atoms with Gasteiger partial charge in [-0.15, -0.1) is 0 Å². The Hall–Kier alpha value is 0.110. The third-order valence-corrected chi connectivity index (χ3v) is 4.76. The minimum Gasteiger partial charge on any atom is -0.309 e. The van der Waals surface area contributed by atoms with E-state index < -0.39 is 0 Å². The fourth-order valence-electron chi connectivity index (χ4n) is 1.78. The van der Waals surface area contributed by atoms with Gasteiger partial charge in [0.05, 0.1) is 0 Å². The summed E-state index contributed by atoms with van der Waals surface area (Å²) in [7, 11) is 0. The summed E-state index contributed by atoms with van der Waals surface area (Å²) in [6.07, 6.45) is 1.11. The summed E-state index contributed by atoms with van der Waals surface area (Å²) in [5.74, 6) is 2.91. The van der Waals surface area contributed by atoms with E-state index in [1.807, 2.05) is 30.0 Å². The predicted octanol–water partition coefficient (Wildman–Crippen LogP) is 5.42. The molecule has 108 valence electrons. The molecule has 1 N–H and O–H groups in total. The molecule has 1 unspecified atom stereocenters. The monoisotopic (exact) mass is 319 g/mol. The molecule has 0 saturated carbocycles. The van der Waals surface area contributed by atoms with E-state index in [0.29, 0.717) is 5.92 Å². The second-order valence-electron chi connectivity index (χ2n) is 5.10. The molecule has 0 saturated heterocycles. The molecule has 1 aromatic carbocycles. The van der Waals surface area contributed by atoms with E-state index in [-0.39, 0.29) is 6.04 Å². The Balaban J connectivity index is 2.73. The largest absolute Gasteiger partial charge is 0.309 e. The van der Waals surface area contributed by atoms with E-state index in [9.17, 15) is 0 Å². The van der Waals surface area contributed by atoms with E-state index in [1.165, 1.54) is 5.75 Å². The molecule has 1 aromatic rings.